The van der Waals surface area contributed by atoms with Gasteiger partial charge in [0.25, 0.3) is 0 Å². The fourth-order valence-corrected chi connectivity index (χ4v) is 5.13. The number of aromatic nitrogens is 3. The van der Waals surface area contributed by atoms with E-state index in [-0.39, 0.29) is 11.3 Å². The Hall–Kier alpha value is -1.43. The van der Waals surface area contributed by atoms with Gasteiger partial charge in [-0.25, -0.2) is 0 Å². The van der Waals surface area contributed by atoms with Crippen LogP contribution in [0.5, 0.6) is 0 Å². The highest BCUT2D eigenvalue weighted by atomic mass is 16.2. The topological polar surface area (TPSA) is 63.1 Å². The van der Waals surface area contributed by atoms with Gasteiger partial charge < -0.3 is 5.32 Å². The lowest BCUT2D eigenvalue weighted by Gasteiger charge is -2.49. The molecule has 1 saturated carbocycles. The molecule has 6 nitrogen and oxygen atoms in total. The molecule has 3 aliphatic heterocycles. The maximum Gasteiger partial charge on any atom is 0.224 e. The molecule has 4 aliphatic rings. The predicted octanol–water partition coefficient (Wildman–Crippen LogP) is 2.73. The highest BCUT2D eigenvalue weighted by Gasteiger charge is 2.43. The molecule has 6 heteroatoms. The number of carbonyl (C=O) groups excluding carboxylic acids is 1. The molecule has 0 spiro atoms. The Morgan fingerprint density at radius 3 is 2.63 bits per heavy atom. The Morgan fingerprint density at radius 2 is 2.00 bits per heavy atom. The lowest BCUT2D eigenvalue weighted by atomic mass is 9.75. The number of nitrogens with zero attached hydrogens (tertiary/aromatic N) is 4. The molecule has 0 radical (unpaired) electrons. The van der Waals surface area contributed by atoms with E-state index in [4.69, 9.17) is 0 Å². The third-order valence-electron chi connectivity index (χ3n) is 6.87. The Balaban J connectivity index is 1.34. The number of piperidine rings is 3. The summed E-state index contributed by atoms with van der Waals surface area (Å²) in [5.74, 6) is 1.01. The predicted molar refractivity (Wildman–Crippen MR) is 105 cm³/mol. The fourth-order valence-electron chi connectivity index (χ4n) is 5.13. The lowest BCUT2D eigenvalue weighted by molar-refractivity contribution is -0.134. The summed E-state index contributed by atoms with van der Waals surface area (Å²) in [6, 6.07) is 0.903. The van der Waals surface area contributed by atoms with E-state index < -0.39 is 0 Å². The van der Waals surface area contributed by atoms with Crippen molar-refractivity contribution in [3.63, 3.8) is 0 Å². The zero-order valence-corrected chi connectivity index (χ0v) is 17.2. The van der Waals surface area contributed by atoms with Gasteiger partial charge in [-0.2, -0.15) is 0 Å². The van der Waals surface area contributed by atoms with Crippen molar-refractivity contribution >= 4 is 5.91 Å². The van der Waals surface area contributed by atoms with Crippen LogP contribution in [-0.2, 0) is 16.8 Å². The maximum atomic E-state index is 12.9. The van der Waals surface area contributed by atoms with Crippen LogP contribution in [0.3, 0.4) is 0 Å². The molecular formula is C21H35N5O. The second-order valence-electron chi connectivity index (χ2n) is 9.96. The molecule has 3 saturated heterocycles. The van der Waals surface area contributed by atoms with Crippen molar-refractivity contribution in [3.8, 4) is 0 Å². The van der Waals surface area contributed by atoms with Gasteiger partial charge in [0.2, 0.25) is 5.91 Å². The van der Waals surface area contributed by atoms with Crippen molar-refractivity contribution in [2.24, 2.45) is 11.8 Å². The molecule has 27 heavy (non-hydrogen) atoms. The molecule has 1 aliphatic carbocycles. The summed E-state index contributed by atoms with van der Waals surface area (Å²) < 4.78 is 2.00. The molecule has 1 aromatic rings. The van der Waals surface area contributed by atoms with Gasteiger partial charge in [0, 0.05) is 30.2 Å². The molecule has 4 atom stereocenters. The summed E-state index contributed by atoms with van der Waals surface area (Å²) in [6.07, 6.45) is 10.5. The van der Waals surface area contributed by atoms with Crippen molar-refractivity contribution in [3.05, 3.63) is 11.9 Å². The van der Waals surface area contributed by atoms with Crippen molar-refractivity contribution < 1.29 is 4.79 Å². The molecule has 4 fully saturated rings. The van der Waals surface area contributed by atoms with E-state index in [0.717, 1.165) is 51.0 Å². The van der Waals surface area contributed by atoms with Gasteiger partial charge in [0.15, 0.2) is 0 Å². The van der Waals surface area contributed by atoms with E-state index in [9.17, 15) is 4.79 Å². The van der Waals surface area contributed by atoms with Gasteiger partial charge in [-0.1, -0.05) is 45.2 Å². The van der Waals surface area contributed by atoms with Crippen molar-refractivity contribution in [1.29, 1.82) is 0 Å². The van der Waals surface area contributed by atoms with E-state index >= 15 is 0 Å². The Labute approximate surface area is 163 Å². The van der Waals surface area contributed by atoms with Crippen LogP contribution in [0.25, 0.3) is 0 Å². The first-order valence-electron chi connectivity index (χ1n) is 10.8. The molecule has 2 bridgehead atoms. The number of fused-ring (bicyclic) bond motifs is 3. The summed E-state index contributed by atoms with van der Waals surface area (Å²) in [5, 5.41) is 12.1. The van der Waals surface area contributed by atoms with Gasteiger partial charge in [0.05, 0.1) is 18.2 Å². The third kappa shape index (κ3) is 4.20. The normalized spacial score (nSPS) is 31.8. The number of hydrogen-bond acceptors (Lipinski definition) is 4. The number of rotatable bonds is 4. The van der Waals surface area contributed by atoms with Crippen LogP contribution in [0.1, 0.15) is 71.4 Å². The van der Waals surface area contributed by atoms with Crippen molar-refractivity contribution in [1.82, 2.24) is 25.2 Å². The molecule has 1 aromatic heterocycles. The monoisotopic (exact) mass is 373 g/mol. The van der Waals surface area contributed by atoms with Gasteiger partial charge in [-0.15, -0.1) is 5.10 Å². The highest BCUT2D eigenvalue weighted by Crippen LogP contribution is 2.37. The number of carbonyl (C=O) groups is 1. The van der Waals surface area contributed by atoms with Crippen molar-refractivity contribution in [2.45, 2.75) is 89.8 Å². The summed E-state index contributed by atoms with van der Waals surface area (Å²) >= 11 is 0. The summed E-state index contributed by atoms with van der Waals surface area (Å²) in [4.78, 5) is 15.4. The quantitative estimate of drug-likeness (QED) is 0.881. The Bertz CT molecular complexity index is 658. The zero-order chi connectivity index (χ0) is 19.0. The molecule has 4 heterocycles. The van der Waals surface area contributed by atoms with Crippen LogP contribution < -0.4 is 5.32 Å². The standard InChI is InChI=1S/C21H35N5O/c1-21(2,3)19-14-26(24-23-19)12-17-11-15-9-10-25(17)13-18(15)20(27)22-16-7-5-4-6-8-16/h14-18H,4-13H2,1-3H3,(H,22,27)/t15-,17+,18-/m0/s1. The first-order chi connectivity index (χ1) is 12.9. The van der Waals surface area contributed by atoms with E-state index in [1.807, 2.05) is 4.68 Å². The first-order valence-corrected chi connectivity index (χ1v) is 10.8. The van der Waals surface area contributed by atoms with Crippen LogP contribution in [0, 0.1) is 11.8 Å². The smallest absolute Gasteiger partial charge is 0.224 e. The van der Waals surface area contributed by atoms with Gasteiger partial charge >= 0.3 is 0 Å². The van der Waals surface area contributed by atoms with Crippen LogP contribution in [0.2, 0.25) is 0 Å². The van der Waals surface area contributed by atoms with Crippen LogP contribution in [-0.4, -0.2) is 51.0 Å². The van der Waals surface area contributed by atoms with Crippen LogP contribution >= 0.6 is 0 Å². The molecule has 0 aromatic carbocycles. The first kappa shape index (κ1) is 18.9. The SMILES string of the molecule is CC(C)(C)c1cn(C[C@H]2C[C@@H]3CCN2C[C@@H]3C(=O)NC2CCCCC2)nn1. The fraction of sp³-hybridized carbons (Fsp3) is 0.857. The highest BCUT2D eigenvalue weighted by molar-refractivity contribution is 5.79. The largest absolute Gasteiger partial charge is 0.353 e. The van der Waals surface area contributed by atoms with Crippen LogP contribution in [0.4, 0.5) is 0 Å². The minimum atomic E-state index is 0.0341. The summed E-state index contributed by atoms with van der Waals surface area (Å²) in [5.41, 5.74) is 1.08. The molecule has 1 N–H and O–H groups in total. The van der Waals surface area contributed by atoms with E-state index in [1.54, 1.807) is 0 Å². The number of nitrogens with one attached hydrogen (secondary N) is 1. The number of hydrogen-bond donors (Lipinski definition) is 1. The van der Waals surface area contributed by atoms with Gasteiger partial charge in [0.1, 0.15) is 0 Å². The van der Waals surface area contributed by atoms with E-state index in [1.165, 1.54) is 19.3 Å². The second kappa shape index (κ2) is 7.53. The second-order valence-corrected chi connectivity index (χ2v) is 9.96. The van der Waals surface area contributed by atoms with Crippen molar-refractivity contribution in [2.75, 3.05) is 13.1 Å². The molecular weight excluding hydrogens is 338 g/mol. The van der Waals surface area contributed by atoms with E-state index in [0.29, 0.717) is 23.9 Å². The van der Waals surface area contributed by atoms with Gasteiger partial charge in [-0.05, 0) is 38.1 Å². The van der Waals surface area contributed by atoms with E-state index in [2.05, 4.69) is 47.5 Å². The maximum absolute atomic E-state index is 12.9. The zero-order valence-electron chi connectivity index (χ0n) is 17.2. The molecule has 5 rings (SSSR count). The number of amides is 1. The summed E-state index contributed by atoms with van der Waals surface area (Å²) in [6.45, 7) is 9.42. The molecule has 1 amide bonds. The summed E-state index contributed by atoms with van der Waals surface area (Å²) in [7, 11) is 0. The average Bonchev–Trinajstić information content (AvgIpc) is 3.12. The third-order valence-corrected chi connectivity index (χ3v) is 6.87. The van der Waals surface area contributed by atoms with Gasteiger partial charge in [-0.3, -0.25) is 14.4 Å². The lowest BCUT2D eigenvalue weighted by Crippen LogP contribution is -2.58. The Kier molecular flexibility index (Phi) is 5.28. The Morgan fingerprint density at radius 1 is 1.22 bits per heavy atom. The van der Waals surface area contributed by atoms with Crippen LogP contribution in [0.15, 0.2) is 6.20 Å². The molecule has 1 unspecified atom stereocenters. The minimum Gasteiger partial charge on any atom is -0.353 e. The molecule has 150 valence electrons. The minimum absolute atomic E-state index is 0.0341. The average molecular weight is 374 g/mol.